The highest BCUT2D eigenvalue weighted by atomic mass is 32.1. The molecular formula is C19H20NOS+. The van der Waals surface area contributed by atoms with Crippen LogP contribution in [-0.2, 0) is 5.60 Å². The average Bonchev–Trinajstić information content (AvgIpc) is 2.99. The molecule has 3 aromatic rings. The Balaban J connectivity index is 1.73. The molecule has 0 radical (unpaired) electrons. The summed E-state index contributed by atoms with van der Waals surface area (Å²) >= 11 is 1.81. The van der Waals surface area contributed by atoms with Crippen LogP contribution in [-0.4, -0.2) is 13.6 Å². The van der Waals surface area contributed by atoms with E-state index in [1.54, 1.807) is 0 Å². The van der Waals surface area contributed by atoms with Gasteiger partial charge in [0.2, 0.25) is 0 Å². The van der Waals surface area contributed by atoms with Gasteiger partial charge in [-0.2, -0.15) is 0 Å². The molecule has 2 unspecified atom stereocenters. The number of ether oxygens (including phenoxy) is 1. The van der Waals surface area contributed by atoms with Crippen LogP contribution in [0.3, 0.4) is 0 Å². The quantitative estimate of drug-likeness (QED) is 0.768. The maximum Gasteiger partial charge on any atom is 0.152 e. The van der Waals surface area contributed by atoms with Gasteiger partial charge in [0.25, 0.3) is 0 Å². The predicted octanol–water partition coefficient (Wildman–Crippen LogP) is 3.39. The molecule has 0 spiro atoms. The Kier molecular flexibility index (Phi) is 3.40. The Bertz CT molecular complexity index is 778. The monoisotopic (exact) mass is 310 g/mol. The van der Waals surface area contributed by atoms with Crippen molar-refractivity contribution in [2.45, 2.75) is 12.0 Å². The average molecular weight is 310 g/mol. The Hall–Kier alpha value is -1.84. The summed E-state index contributed by atoms with van der Waals surface area (Å²) in [4.78, 5) is 1.35. The molecule has 4 rings (SSSR count). The van der Waals surface area contributed by atoms with Gasteiger partial charge in [-0.25, -0.2) is 0 Å². The second-order valence-electron chi connectivity index (χ2n) is 5.99. The van der Waals surface area contributed by atoms with Crippen molar-refractivity contribution in [3.8, 4) is 5.75 Å². The molecule has 2 atom stereocenters. The largest absolute Gasteiger partial charge is 0.481 e. The van der Waals surface area contributed by atoms with E-state index in [9.17, 15) is 0 Å². The van der Waals surface area contributed by atoms with Gasteiger partial charge in [-0.15, -0.1) is 11.3 Å². The fourth-order valence-corrected chi connectivity index (χ4v) is 4.29. The summed E-state index contributed by atoms with van der Waals surface area (Å²) in [5, 5.41) is 6.84. The number of hydrogen-bond donors (Lipinski definition) is 1. The summed E-state index contributed by atoms with van der Waals surface area (Å²) in [7, 11) is 2.13. The fraction of sp³-hybridized carbons (Fsp3) is 0.263. The normalized spacial score (nSPS) is 23.6. The zero-order valence-electron chi connectivity index (χ0n) is 12.7. The van der Waals surface area contributed by atoms with Crippen LogP contribution in [0.4, 0.5) is 0 Å². The first-order chi connectivity index (χ1) is 10.8. The van der Waals surface area contributed by atoms with Gasteiger partial charge in [0.15, 0.2) is 5.60 Å². The molecule has 0 saturated heterocycles. The summed E-state index contributed by atoms with van der Waals surface area (Å²) in [5.41, 5.74) is -0.120. The molecule has 2 N–H and O–H groups in total. The maximum atomic E-state index is 6.63. The number of thiophene rings is 1. The molecule has 0 amide bonds. The van der Waals surface area contributed by atoms with Crippen LogP contribution in [0.15, 0.2) is 60.0 Å². The first-order valence-corrected chi connectivity index (χ1v) is 8.70. The van der Waals surface area contributed by atoms with E-state index in [1.807, 2.05) is 11.3 Å². The van der Waals surface area contributed by atoms with Crippen LogP contribution in [0.5, 0.6) is 5.75 Å². The standard InChI is InChI=1S/C19H19NOS/c1-20-13-15-12-19(15,18-10-5-11-22-18)21-17-9-4-7-14-6-2-3-8-16(14)17/h2-11,15,20H,12-13H2,1H3/p+1. The molecule has 2 nitrogen and oxygen atoms in total. The van der Waals surface area contributed by atoms with E-state index in [0.29, 0.717) is 5.92 Å². The highest BCUT2D eigenvalue weighted by Gasteiger charge is 2.60. The second kappa shape index (κ2) is 5.41. The third-order valence-electron chi connectivity index (χ3n) is 4.55. The van der Waals surface area contributed by atoms with E-state index in [1.165, 1.54) is 15.6 Å². The highest BCUT2D eigenvalue weighted by Crippen LogP contribution is 2.56. The Labute approximate surface area is 134 Å². The van der Waals surface area contributed by atoms with Crippen molar-refractivity contribution in [3.05, 3.63) is 64.9 Å². The lowest BCUT2D eigenvalue weighted by molar-refractivity contribution is -0.630. The van der Waals surface area contributed by atoms with Crippen molar-refractivity contribution in [2.75, 3.05) is 13.6 Å². The Morgan fingerprint density at radius 2 is 2.00 bits per heavy atom. The number of benzene rings is 2. The molecule has 1 saturated carbocycles. The molecule has 1 aromatic heterocycles. The van der Waals surface area contributed by atoms with E-state index in [4.69, 9.17) is 4.74 Å². The lowest BCUT2D eigenvalue weighted by Gasteiger charge is -2.20. The third kappa shape index (κ3) is 2.21. The van der Waals surface area contributed by atoms with E-state index < -0.39 is 0 Å². The van der Waals surface area contributed by atoms with Gasteiger partial charge in [0.05, 0.1) is 19.5 Å². The van der Waals surface area contributed by atoms with Crippen molar-refractivity contribution in [1.29, 1.82) is 0 Å². The van der Waals surface area contributed by atoms with Crippen LogP contribution in [0.1, 0.15) is 11.3 Å². The summed E-state index contributed by atoms with van der Waals surface area (Å²) in [6, 6.07) is 19.1. The maximum absolute atomic E-state index is 6.63. The molecule has 1 aliphatic rings. The molecule has 0 bridgehead atoms. The minimum Gasteiger partial charge on any atom is -0.481 e. The van der Waals surface area contributed by atoms with Gasteiger partial charge in [0, 0.05) is 16.7 Å². The molecule has 112 valence electrons. The minimum absolute atomic E-state index is 0.120. The van der Waals surface area contributed by atoms with Gasteiger partial charge >= 0.3 is 0 Å². The zero-order chi connectivity index (χ0) is 15.0. The summed E-state index contributed by atoms with van der Waals surface area (Å²) < 4.78 is 6.63. The van der Waals surface area contributed by atoms with Gasteiger partial charge < -0.3 is 10.1 Å². The van der Waals surface area contributed by atoms with Gasteiger partial charge in [-0.05, 0) is 22.9 Å². The molecule has 22 heavy (non-hydrogen) atoms. The van der Waals surface area contributed by atoms with Crippen molar-refractivity contribution in [1.82, 2.24) is 0 Å². The number of nitrogens with two attached hydrogens (primary N) is 1. The van der Waals surface area contributed by atoms with Gasteiger partial charge in [-0.3, -0.25) is 0 Å². The summed E-state index contributed by atoms with van der Waals surface area (Å²) in [6.07, 6.45) is 1.11. The molecule has 1 heterocycles. The van der Waals surface area contributed by atoms with Crippen molar-refractivity contribution in [2.24, 2.45) is 5.92 Å². The van der Waals surface area contributed by atoms with E-state index in [2.05, 4.69) is 72.3 Å². The van der Waals surface area contributed by atoms with Crippen molar-refractivity contribution < 1.29 is 10.1 Å². The van der Waals surface area contributed by atoms with Crippen LogP contribution >= 0.6 is 11.3 Å². The van der Waals surface area contributed by atoms with E-state index >= 15 is 0 Å². The smallest absolute Gasteiger partial charge is 0.152 e. The minimum atomic E-state index is -0.120. The van der Waals surface area contributed by atoms with E-state index in [0.717, 1.165) is 18.7 Å². The van der Waals surface area contributed by atoms with Gasteiger partial charge in [-0.1, -0.05) is 42.5 Å². The van der Waals surface area contributed by atoms with Gasteiger partial charge in [0.1, 0.15) is 5.75 Å². The van der Waals surface area contributed by atoms with Crippen molar-refractivity contribution in [3.63, 3.8) is 0 Å². The second-order valence-corrected chi connectivity index (χ2v) is 6.94. The fourth-order valence-electron chi connectivity index (χ4n) is 3.34. The molecular weight excluding hydrogens is 290 g/mol. The lowest BCUT2D eigenvalue weighted by Crippen LogP contribution is -2.80. The number of fused-ring (bicyclic) bond motifs is 1. The predicted molar refractivity (Wildman–Crippen MR) is 91.4 cm³/mol. The van der Waals surface area contributed by atoms with Crippen LogP contribution in [0.25, 0.3) is 10.8 Å². The third-order valence-corrected chi connectivity index (χ3v) is 5.58. The molecule has 1 aliphatic carbocycles. The molecule has 2 aromatic carbocycles. The summed E-state index contributed by atoms with van der Waals surface area (Å²) in [5.74, 6) is 1.60. The summed E-state index contributed by atoms with van der Waals surface area (Å²) in [6.45, 7) is 1.11. The first kappa shape index (κ1) is 13.8. The Morgan fingerprint density at radius 3 is 2.82 bits per heavy atom. The highest BCUT2D eigenvalue weighted by molar-refractivity contribution is 7.10. The van der Waals surface area contributed by atoms with Crippen LogP contribution in [0.2, 0.25) is 0 Å². The first-order valence-electron chi connectivity index (χ1n) is 7.82. The zero-order valence-corrected chi connectivity index (χ0v) is 13.5. The number of hydrogen-bond acceptors (Lipinski definition) is 2. The van der Waals surface area contributed by atoms with E-state index in [-0.39, 0.29) is 5.60 Å². The number of quaternary nitrogens is 1. The van der Waals surface area contributed by atoms with Crippen molar-refractivity contribution >= 4 is 22.1 Å². The van der Waals surface area contributed by atoms with Crippen LogP contribution in [0, 0.1) is 5.92 Å². The lowest BCUT2D eigenvalue weighted by atomic mass is 10.1. The number of rotatable bonds is 5. The molecule has 1 fully saturated rings. The SMILES string of the molecule is C[NH2+]CC1CC1(Oc1cccc2ccccc12)c1cccs1. The van der Waals surface area contributed by atoms with Crippen LogP contribution < -0.4 is 10.1 Å². The molecule has 0 aliphatic heterocycles. The topological polar surface area (TPSA) is 25.8 Å². The molecule has 3 heteroatoms. The Morgan fingerprint density at radius 1 is 1.14 bits per heavy atom.